The molecule has 0 heterocycles. The van der Waals surface area contributed by atoms with Gasteiger partial charge in [0.1, 0.15) is 11.5 Å². The molecule has 0 aliphatic carbocycles. The molecule has 10 nitrogen and oxygen atoms in total. The number of hydrogen-bond donors (Lipinski definition) is 3. The molecule has 0 aliphatic rings. The van der Waals surface area contributed by atoms with E-state index in [0.717, 1.165) is 0 Å². The van der Waals surface area contributed by atoms with Gasteiger partial charge < -0.3 is 30.7 Å². The van der Waals surface area contributed by atoms with Crippen molar-refractivity contribution in [3.05, 3.63) is 54.6 Å². The van der Waals surface area contributed by atoms with E-state index in [1.807, 2.05) is 51.1 Å². The fraction of sp³-hybridized carbons (Fsp3) is 0.407. The first-order valence-corrected chi connectivity index (χ1v) is 12.0. The number of ether oxygens (including phenoxy) is 2. The van der Waals surface area contributed by atoms with Crippen LogP contribution in [0.3, 0.4) is 0 Å². The van der Waals surface area contributed by atoms with Gasteiger partial charge in [-0.2, -0.15) is 0 Å². The molecule has 0 aromatic heterocycles. The van der Waals surface area contributed by atoms with Gasteiger partial charge in [-0.15, -0.1) is 0 Å². The lowest BCUT2D eigenvalue weighted by atomic mass is 10.00. The molecule has 10 heteroatoms. The van der Waals surface area contributed by atoms with Crippen LogP contribution in [-0.2, 0) is 19.1 Å². The average molecular weight is 513 g/mol. The summed E-state index contributed by atoms with van der Waals surface area (Å²) in [6.45, 7) is 5.55. The van der Waals surface area contributed by atoms with Gasteiger partial charge in [0.2, 0.25) is 11.8 Å². The zero-order chi connectivity index (χ0) is 27.4. The van der Waals surface area contributed by atoms with E-state index in [4.69, 9.17) is 10.5 Å². The number of carbonyl (C=O) groups excluding carboxylic acids is 4. The minimum atomic E-state index is -0.657. The third-order valence-corrected chi connectivity index (χ3v) is 5.47. The highest BCUT2D eigenvalue weighted by molar-refractivity contribution is 5.90. The van der Waals surface area contributed by atoms with Gasteiger partial charge in [-0.25, -0.2) is 4.79 Å². The molecule has 0 saturated heterocycles. The van der Waals surface area contributed by atoms with Crippen molar-refractivity contribution in [2.45, 2.75) is 58.0 Å². The minimum absolute atomic E-state index is 0.0457. The molecule has 200 valence electrons. The lowest BCUT2D eigenvalue weighted by molar-refractivity contribution is -0.142. The number of nitrogens with two attached hydrogens (primary N) is 1. The zero-order valence-corrected chi connectivity index (χ0v) is 21.8. The van der Waals surface area contributed by atoms with E-state index in [1.165, 1.54) is 12.0 Å². The maximum absolute atomic E-state index is 12.7. The zero-order valence-electron chi connectivity index (χ0n) is 21.8. The fourth-order valence-electron chi connectivity index (χ4n) is 3.77. The number of rotatable bonds is 12. The summed E-state index contributed by atoms with van der Waals surface area (Å²) in [4.78, 5) is 49.8. The first-order valence-electron chi connectivity index (χ1n) is 12.0. The van der Waals surface area contributed by atoms with Crippen LogP contribution >= 0.6 is 0 Å². The van der Waals surface area contributed by atoms with Crippen LogP contribution < -0.4 is 21.1 Å². The summed E-state index contributed by atoms with van der Waals surface area (Å²) in [5.74, 6) is 0.236. The van der Waals surface area contributed by atoms with Gasteiger partial charge in [-0.1, -0.05) is 18.2 Å². The Kier molecular flexibility index (Phi) is 10.9. The maximum atomic E-state index is 12.7. The van der Waals surface area contributed by atoms with Crippen LogP contribution in [0, 0.1) is 0 Å². The highest BCUT2D eigenvalue weighted by atomic mass is 16.5. The van der Waals surface area contributed by atoms with Crippen LogP contribution in [0.5, 0.6) is 11.5 Å². The molecule has 2 rings (SSSR count). The largest absolute Gasteiger partial charge is 0.469 e. The van der Waals surface area contributed by atoms with Crippen LogP contribution in [0.2, 0.25) is 0 Å². The van der Waals surface area contributed by atoms with E-state index in [0.29, 0.717) is 17.2 Å². The summed E-state index contributed by atoms with van der Waals surface area (Å²) >= 11 is 0. The van der Waals surface area contributed by atoms with Crippen molar-refractivity contribution in [1.82, 2.24) is 10.2 Å². The molecule has 37 heavy (non-hydrogen) atoms. The summed E-state index contributed by atoms with van der Waals surface area (Å²) in [5.41, 5.74) is 5.60. The van der Waals surface area contributed by atoms with E-state index >= 15 is 0 Å². The molecule has 2 aromatic rings. The number of esters is 1. The molecule has 0 radical (unpaired) electrons. The number of primary amides is 1. The molecular formula is C27H36N4O6. The van der Waals surface area contributed by atoms with Crippen LogP contribution in [0.15, 0.2) is 54.6 Å². The highest BCUT2D eigenvalue weighted by Gasteiger charge is 2.32. The minimum Gasteiger partial charge on any atom is -0.469 e. The SMILES string of the molecule is COC(=O)CCC(=O)NC[C@@H](CCC(=O)Nc1ccc(Oc2ccccc2)cc1)N(C(N)=O)C(C)(C)C. The maximum Gasteiger partial charge on any atom is 0.315 e. The third kappa shape index (κ3) is 10.2. The lowest BCUT2D eigenvalue weighted by Gasteiger charge is -2.40. The Morgan fingerprint density at radius 1 is 0.892 bits per heavy atom. The van der Waals surface area contributed by atoms with Crippen LogP contribution in [0.1, 0.15) is 46.5 Å². The summed E-state index contributed by atoms with van der Waals surface area (Å²) in [6, 6.07) is 15.1. The summed E-state index contributed by atoms with van der Waals surface area (Å²) in [7, 11) is 1.25. The van der Waals surface area contributed by atoms with Crippen LogP contribution in [0.4, 0.5) is 10.5 Å². The summed E-state index contributed by atoms with van der Waals surface area (Å²) < 4.78 is 10.3. The number of methoxy groups -OCH3 is 1. The molecule has 0 fully saturated rings. The number of para-hydroxylation sites is 1. The van der Waals surface area contributed by atoms with Crippen molar-refractivity contribution in [2.24, 2.45) is 5.73 Å². The Balaban J connectivity index is 1.97. The molecule has 2 aromatic carbocycles. The van der Waals surface area contributed by atoms with Crippen molar-refractivity contribution >= 4 is 29.5 Å². The summed E-state index contributed by atoms with van der Waals surface area (Å²) in [5, 5.41) is 5.56. The average Bonchev–Trinajstić information content (AvgIpc) is 2.84. The number of benzene rings is 2. The molecule has 1 atom stereocenters. The van der Waals surface area contributed by atoms with Gasteiger partial charge in [0.25, 0.3) is 0 Å². The standard InChI is InChI=1S/C27H36N4O6/c1-27(2,3)31(26(28)35)20(18-29-23(32)16-17-25(34)36-4)12-15-24(33)30-19-10-13-22(14-11-19)37-21-8-6-5-7-9-21/h5-11,13-14,20H,12,15-18H2,1-4H3,(H2,28,35)(H,29,32)(H,30,33)/t20-/m1/s1. The Bertz CT molecular complexity index is 1050. The number of amides is 4. The molecule has 0 aliphatic heterocycles. The monoisotopic (exact) mass is 512 g/mol. The second-order valence-electron chi connectivity index (χ2n) is 9.44. The Morgan fingerprint density at radius 3 is 2.08 bits per heavy atom. The number of urea groups is 1. The lowest BCUT2D eigenvalue weighted by Crippen LogP contribution is -2.57. The van der Waals surface area contributed by atoms with Gasteiger partial charge >= 0.3 is 12.0 Å². The fourth-order valence-corrected chi connectivity index (χ4v) is 3.77. The van der Waals surface area contributed by atoms with Crippen molar-refractivity contribution in [2.75, 3.05) is 19.0 Å². The van der Waals surface area contributed by atoms with Crippen molar-refractivity contribution < 1.29 is 28.7 Å². The van der Waals surface area contributed by atoms with Crippen molar-refractivity contribution in [3.8, 4) is 11.5 Å². The smallest absolute Gasteiger partial charge is 0.315 e. The third-order valence-electron chi connectivity index (χ3n) is 5.47. The molecule has 0 saturated carbocycles. The second-order valence-corrected chi connectivity index (χ2v) is 9.44. The molecule has 4 N–H and O–H groups in total. The number of hydrogen-bond acceptors (Lipinski definition) is 6. The highest BCUT2D eigenvalue weighted by Crippen LogP contribution is 2.23. The van der Waals surface area contributed by atoms with Crippen molar-refractivity contribution in [3.63, 3.8) is 0 Å². The number of nitrogens with one attached hydrogen (secondary N) is 2. The van der Waals surface area contributed by atoms with Crippen molar-refractivity contribution in [1.29, 1.82) is 0 Å². The second kappa shape index (κ2) is 13.9. The normalized spacial score (nSPS) is 11.7. The van der Waals surface area contributed by atoms with E-state index < -0.39 is 23.6 Å². The van der Waals surface area contributed by atoms with E-state index in [2.05, 4.69) is 15.4 Å². The van der Waals surface area contributed by atoms with Crippen LogP contribution in [0.25, 0.3) is 0 Å². The number of carbonyl (C=O) groups is 4. The number of nitrogens with zero attached hydrogens (tertiary/aromatic N) is 1. The van der Waals surface area contributed by atoms with E-state index in [1.54, 1.807) is 24.3 Å². The van der Waals surface area contributed by atoms with Gasteiger partial charge in [0.05, 0.1) is 19.6 Å². The van der Waals surface area contributed by atoms with Gasteiger partial charge in [0.15, 0.2) is 0 Å². The van der Waals surface area contributed by atoms with Gasteiger partial charge in [0, 0.05) is 30.6 Å². The summed E-state index contributed by atoms with van der Waals surface area (Å²) in [6.07, 6.45) is 0.253. The van der Waals surface area contributed by atoms with E-state index in [9.17, 15) is 19.2 Å². The first kappa shape index (κ1) is 29.2. The first-order chi connectivity index (χ1) is 17.5. The Labute approximate surface area is 217 Å². The molecular weight excluding hydrogens is 476 g/mol. The molecule has 4 amide bonds. The van der Waals surface area contributed by atoms with Crippen LogP contribution in [-0.4, -0.2) is 54.0 Å². The predicted octanol–water partition coefficient (Wildman–Crippen LogP) is 3.81. The molecule has 0 bridgehead atoms. The molecule has 0 unspecified atom stereocenters. The van der Waals surface area contributed by atoms with Gasteiger partial charge in [-0.3, -0.25) is 14.4 Å². The Morgan fingerprint density at radius 2 is 1.51 bits per heavy atom. The predicted molar refractivity (Wildman–Crippen MR) is 140 cm³/mol. The van der Waals surface area contributed by atoms with Gasteiger partial charge in [-0.05, 0) is 63.6 Å². The molecule has 0 spiro atoms. The van der Waals surface area contributed by atoms with E-state index in [-0.39, 0.29) is 44.0 Å². The number of anilines is 1. The quantitative estimate of drug-likeness (QED) is 0.370. The topological polar surface area (TPSA) is 140 Å². The Hall–Kier alpha value is -4.08.